The first-order valence-corrected chi connectivity index (χ1v) is 9.91. The summed E-state index contributed by atoms with van der Waals surface area (Å²) in [5, 5.41) is 3.14. The quantitative estimate of drug-likeness (QED) is 0.448. The molecule has 2 aromatic heterocycles. The van der Waals surface area contributed by atoms with Gasteiger partial charge in [0.2, 0.25) is 0 Å². The highest BCUT2D eigenvalue weighted by atomic mass is 32.1. The van der Waals surface area contributed by atoms with E-state index >= 15 is 0 Å². The van der Waals surface area contributed by atoms with Crippen LogP contribution in [0.2, 0.25) is 0 Å². The number of hydrogen-bond acceptors (Lipinski definition) is 7. The van der Waals surface area contributed by atoms with Crippen LogP contribution in [0.4, 0.5) is 5.69 Å². The second-order valence-electron chi connectivity index (χ2n) is 6.15. The Kier molecular flexibility index (Phi) is 6.73. The van der Waals surface area contributed by atoms with Crippen LogP contribution in [-0.4, -0.2) is 41.2 Å². The fraction of sp³-hybridized carbons (Fsp3) is 0.300. The third kappa shape index (κ3) is 4.87. The van der Waals surface area contributed by atoms with Gasteiger partial charge in [0.25, 0.3) is 11.5 Å². The fourth-order valence-electron chi connectivity index (χ4n) is 2.74. The number of amides is 1. The van der Waals surface area contributed by atoms with Crippen LogP contribution in [-0.2, 0) is 20.8 Å². The minimum absolute atomic E-state index is 0.123. The van der Waals surface area contributed by atoms with Crippen LogP contribution in [0.15, 0.2) is 41.5 Å². The van der Waals surface area contributed by atoms with Gasteiger partial charge >= 0.3 is 5.97 Å². The third-order valence-corrected chi connectivity index (χ3v) is 5.35. The first-order valence-electron chi connectivity index (χ1n) is 9.09. The summed E-state index contributed by atoms with van der Waals surface area (Å²) in [6.45, 7) is 4.26. The van der Waals surface area contributed by atoms with Gasteiger partial charge in [0.15, 0.2) is 0 Å². The molecule has 3 aromatic rings. The van der Waals surface area contributed by atoms with E-state index < -0.39 is 5.97 Å². The molecule has 1 aromatic carbocycles. The van der Waals surface area contributed by atoms with E-state index in [1.54, 1.807) is 19.1 Å². The summed E-state index contributed by atoms with van der Waals surface area (Å²) in [6.07, 6.45) is 1.29. The Morgan fingerprint density at radius 3 is 2.69 bits per heavy atom. The van der Waals surface area contributed by atoms with Crippen molar-refractivity contribution in [3.8, 4) is 0 Å². The number of esters is 1. The molecule has 0 bridgehead atoms. The van der Waals surface area contributed by atoms with Crippen molar-refractivity contribution >= 4 is 39.1 Å². The smallest absolute Gasteiger partial charge is 0.326 e. The van der Waals surface area contributed by atoms with Gasteiger partial charge in [-0.15, -0.1) is 11.3 Å². The van der Waals surface area contributed by atoms with E-state index in [4.69, 9.17) is 9.47 Å². The molecule has 29 heavy (non-hydrogen) atoms. The Bertz CT molecular complexity index is 1070. The largest absolute Gasteiger partial charge is 0.462 e. The zero-order chi connectivity index (χ0) is 20.8. The van der Waals surface area contributed by atoms with E-state index in [1.165, 1.54) is 10.9 Å². The van der Waals surface area contributed by atoms with Crippen molar-refractivity contribution in [3.05, 3.63) is 57.5 Å². The molecular formula is C20H21N3O5S. The Morgan fingerprint density at radius 2 is 1.97 bits per heavy atom. The molecule has 0 aliphatic carbocycles. The molecule has 0 aliphatic heterocycles. The lowest BCUT2D eigenvalue weighted by molar-refractivity contribution is -0.145. The Hall–Kier alpha value is -3.04. The molecule has 0 saturated heterocycles. The maximum absolute atomic E-state index is 12.8. The molecule has 0 atom stereocenters. The first-order chi connectivity index (χ1) is 14.0. The van der Waals surface area contributed by atoms with E-state index in [0.717, 1.165) is 11.3 Å². The second kappa shape index (κ2) is 9.44. The molecular weight excluding hydrogens is 394 g/mol. The normalized spacial score (nSPS) is 10.8. The van der Waals surface area contributed by atoms with Crippen LogP contribution in [0.5, 0.6) is 0 Å². The van der Waals surface area contributed by atoms with E-state index in [1.807, 2.05) is 25.1 Å². The van der Waals surface area contributed by atoms with Gasteiger partial charge in [-0.1, -0.05) is 18.2 Å². The van der Waals surface area contributed by atoms with Crippen molar-refractivity contribution in [3.63, 3.8) is 0 Å². The highest BCUT2D eigenvalue weighted by molar-refractivity contribution is 7.20. The molecule has 2 heterocycles. The van der Waals surface area contributed by atoms with Gasteiger partial charge < -0.3 is 14.8 Å². The summed E-state index contributed by atoms with van der Waals surface area (Å²) >= 11 is 1.14. The topological polar surface area (TPSA) is 99.5 Å². The molecule has 0 aliphatic rings. The summed E-state index contributed by atoms with van der Waals surface area (Å²) in [5.74, 6) is -0.860. The van der Waals surface area contributed by atoms with E-state index in [0.29, 0.717) is 39.6 Å². The minimum Gasteiger partial charge on any atom is -0.462 e. The van der Waals surface area contributed by atoms with E-state index in [-0.39, 0.29) is 24.6 Å². The van der Waals surface area contributed by atoms with Crippen molar-refractivity contribution < 1.29 is 19.1 Å². The van der Waals surface area contributed by atoms with Crippen LogP contribution >= 0.6 is 11.3 Å². The molecule has 1 N–H and O–H groups in total. The molecule has 0 radical (unpaired) electrons. The van der Waals surface area contributed by atoms with E-state index in [9.17, 15) is 14.4 Å². The summed E-state index contributed by atoms with van der Waals surface area (Å²) < 4.78 is 11.3. The molecule has 0 spiro atoms. The van der Waals surface area contributed by atoms with Crippen molar-refractivity contribution in [1.29, 1.82) is 0 Å². The van der Waals surface area contributed by atoms with Gasteiger partial charge in [-0.05, 0) is 31.5 Å². The molecule has 0 unspecified atom stereocenters. The molecule has 3 rings (SSSR count). The number of carbonyl (C=O) groups is 2. The van der Waals surface area contributed by atoms with Gasteiger partial charge in [0.05, 0.1) is 23.2 Å². The van der Waals surface area contributed by atoms with Crippen molar-refractivity contribution in [2.24, 2.45) is 0 Å². The summed E-state index contributed by atoms with van der Waals surface area (Å²) in [4.78, 5) is 42.5. The highest BCUT2D eigenvalue weighted by Crippen LogP contribution is 2.27. The average molecular weight is 415 g/mol. The predicted octanol–water partition coefficient (Wildman–Crippen LogP) is 2.60. The van der Waals surface area contributed by atoms with Gasteiger partial charge in [0, 0.05) is 12.3 Å². The Balaban J connectivity index is 1.80. The molecule has 0 saturated carbocycles. The third-order valence-electron chi connectivity index (χ3n) is 4.15. The Morgan fingerprint density at radius 1 is 1.21 bits per heavy atom. The monoisotopic (exact) mass is 415 g/mol. The lowest BCUT2D eigenvalue weighted by atomic mass is 10.2. The number of hydrogen-bond donors (Lipinski definition) is 1. The first kappa shape index (κ1) is 20.7. The lowest BCUT2D eigenvalue weighted by Crippen LogP contribution is -2.26. The van der Waals surface area contributed by atoms with Gasteiger partial charge in [0.1, 0.15) is 18.0 Å². The van der Waals surface area contributed by atoms with E-state index in [2.05, 4.69) is 10.3 Å². The van der Waals surface area contributed by atoms with Crippen LogP contribution in [0, 0.1) is 6.92 Å². The van der Waals surface area contributed by atoms with Gasteiger partial charge in [-0.3, -0.25) is 19.0 Å². The maximum Gasteiger partial charge on any atom is 0.326 e. The number of para-hydroxylation sites is 1. The molecule has 152 valence electrons. The van der Waals surface area contributed by atoms with Gasteiger partial charge in [-0.25, -0.2) is 4.98 Å². The summed E-state index contributed by atoms with van der Waals surface area (Å²) in [6, 6.07) is 9.06. The van der Waals surface area contributed by atoms with Crippen molar-refractivity contribution in [2.45, 2.75) is 20.4 Å². The summed E-state index contributed by atoms with van der Waals surface area (Å²) in [5.41, 5.74) is 0.814. The molecule has 1 amide bonds. The number of nitrogens with one attached hydrogen (secondary N) is 1. The number of benzene rings is 1. The number of thiophene rings is 1. The summed E-state index contributed by atoms with van der Waals surface area (Å²) in [7, 11) is 0. The number of fused-ring (bicyclic) bond motifs is 1. The SMILES string of the molecule is CCOCCOC(=O)Cn1cnc2sc(C(=O)Nc3ccccc3)c(C)c2c1=O. The second-order valence-corrected chi connectivity index (χ2v) is 7.15. The highest BCUT2D eigenvalue weighted by Gasteiger charge is 2.20. The van der Waals surface area contributed by atoms with Crippen molar-refractivity contribution in [2.75, 3.05) is 25.1 Å². The zero-order valence-electron chi connectivity index (χ0n) is 16.1. The van der Waals surface area contributed by atoms with Crippen LogP contribution in [0.3, 0.4) is 0 Å². The fourth-order valence-corrected chi connectivity index (χ4v) is 3.78. The lowest BCUT2D eigenvalue weighted by Gasteiger charge is -2.07. The van der Waals surface area contributed by atoms with Crippen LogP contribution in [0.25, 0.3) is 10.2 Å². The zero-order valence-corrected chi connectivity index (χ0v) is 17.0. The van der Waals surface area contributed by atoms with Crippen LogP contribution < -0.4 is 10.9 Å². The van der Waals surface area contributed by atoms with Crippen LogP contribution in [0.1, 0.15) is 22.2 Å². The number of aryl methyl sites for hydroxylation is 1. The van der Waals surface area contributed by atoms with Gasteiger partial charge in [-0.2, -0.15) is 0 Å². The maximum atomic E-state index is 12.8. The average Bonchev–Trinajstić information content (AvgIpc) is 3.05. The Labute approximate surface area is 171 Å². The minimum atomic E-state index is -0.553. The molecule has 8 nitrogen and oxygen atoms in total. The molecule has 0 fully saturated rings. The number of aromatic nitrogens is 2. The molecule has 9 heteroatoms. The number of ether oxygens (including phenoxy) is 2. The number of nitrogens with zero attached hydrogens (tertiary/aromatic N) is 2. The number of rotatable bonds is 8. The number of carbonyl (C=O) groups excluding carboxylic acids is 2. The number of anilines is 1. The predicted molar refractivity (Wildman–Crippen MR) is 110 cm³/mol. The van der Waals surface area contributed by atoms with Crippen molar-refractivity contribution in [1.82, 2.24) is 9.55 Å². The standard InChI is InChI=1S/C20H21N3O5S/c1-3-27-9-10-28-15(24)11-23-12-21-19-16(20(23)26)13(2)17(29-19)18(25)22-14-7-5-4-6-8-14/h4-8,12H,3,9-11H2,1-2H3,(H,22,25).